The standard InChI is InChI=1S/C24H29N3O/c1-17-12-13-20(14-18(17)2)26-24(28)27(21-8-4-3-5-9-21)16-19-15-25-23-11-7-6-10-22(19)23/h6-7,10-15,21,25H,3-5,8-9,16H2,1-2H3,(H,26,28). The largest absolute Gasteiger partial charge is 0.361 e. The fourth-order valence-corrected chi connectivity index (χ4v) is 4.22. The van der Waals surface area contributed by atoms with Crippen molar-refractivity contribution in [1.82, 2.24) is 9.88 Å². The van der Waals surface area contributed by atoms with Crippen LogP contribution >= 0.6 is 0 Å². The molecule has 1 aliphatic rings. The van der Waals surface area contributed by atoms with E-state index in [0.29, 0.717) is 12.6 Å². The summed E-state index contributed by atoms with van der Waals surface area (Å²) in [7, 11) is 0. The van der Waals surface area contributed by atoms with Crippen molar-refractivity contribution in [3.63, 3.8) is 0 Å². The Labute approximate surface area is 166 Å². The van der Waals surface area contributed by atoms with Crippen molar-refractivity contribution in [2.75, 3.05) is 5.32 Å². The molecule has 2 N–H and O–H groups in total. The lowest BCUT2D eigenvalue weighted by Gasteiger charge is -2.34. The molecule has 1 aliphatic carbocycles. The Morgan fingerprint density at radius 3 is 2.64 bits per heavy atom. The first kappa shape index (κ1) is 18.6. The summed E-state index contributed by atoms with van der Waals surface area (Å²) in [5.41, 5.74) is 5.60. The van der Waals surface area contributed by atoms with Gasteiger partial charge in [0.05, 0.1) is 0 Å². The zero-order valence-electron chi connectivity index (χ0n) is 16.8. The van der Waals surface area contributed by atoms with E-state index in [9.17, 15) is 4.79 Å². The average Bonchev–Trinajstić information content (AvgIpc) is 3.12. The molecule has 2 amide bonds. The van der Waals surface area contributed by atoms with Gasteiger partial charge in [0.2, 0.25) is 0 Å². The molecule has 4 nitrogen and oxygen atoms in total. The molecule has 2 aromatic carbocycles. The number of urea groups is 1. The van der Waals surface area contributed by atoms with E-state index in [1.165, 1.54) is 41.3 Å². The summed E-state index contributed by atoms with van der Waals surface area (Å²) in [6.07, 6.45) is 7.89. The zero-order chi connectivity index (χ0) is 19.5. The summed E-state index contributed by atoms with van der Waals surface area (Å²) in [6.45, 7) is 4.80. The van der Waals surface area contributed by atoms with Crippen LogP contribution in [-0.2, 0) is 6.54 Å². The summed E-state index contributed by atoms with van der Waals surface area (Å²) in [6, 6.07) is 14.7. The van der Waals surface area contributed by atoms with Gasteiger partial charge in [-0.15, -0.1) is 0 Å². The molecule has 0 bridgehead atoms. The van der Waals surface area contributed by atoms with Crippen molar-refractivity contribution >= 4 is 22.6 Å². The highest BCUT2D eigenvalue weighted by Crippen LogP contribution is 2.27. The van der Waals surface area contributed by atoms with E-state index in [0.717, 1.165) is 24.0 Å². The van der Waals surface area contributed by atoms with Crippen molar-refractivity contribution in [3.8, 4) is 0 Å². The molecule has 0 aliphatic heterocycles. The van der Waals surface area contributed by atoms with Gasteiger partial charge in [0, 0.05) is 35.4 Å². The van der Waals surface area contributed by atoms with Crippen molar-refractivity contribution in [2.24, 2.45) is 0 Å². The topological polar surface area (TPSA) is 48.1 Å². The predicted molar refractivity (Wildman–Crippen MR) is 116 cm³/mol. The van der Waals surface area contributed by atoms with Crippen LogP contribution in [0.4, 0.5) is 10.5 Å². The van der Waals surface area contributed by atoms with E-state index >= 15 is 0 Å². The number of anilines is 1. The minimum absolute atomic E-state index is 0.000402. The molecule has 3 aromatic rings. The molecule has 0 spiro atoms. The molecule has 1 fully saturated rings. The summed E-state index contributed by atoms with van der Waals surface area (Å²) in [4.78, 5) is 18.7. The zero-order valence-corrected chi connectivity index (χ0v) is 16.8. The molecule has 0 radical (unpaired) electrons. The van der Waals surface area contributed by atoms with E-state index in [1.807, 2.05) is 23.2 Å². The molecule has 146 valence electrons. The van der Waals surface area contributed by atoms with Crippen LogP contribution in [-0.4, -0.2) is 22.0 Å². The van der Waals surface area contributed by atoms with Gasteiger partial charge < -0.3 is 15.2 Å². The number of amides is 2. The molecular formula is C24H29N3O. The molecule has 1 heterocycles. The van der Waals surface area contributed by atoms with Crippen LogP contribution in [0.2, 0.25) is 0 Å². The SMILES string of the molecule is Cc1ccc(NC(=O)N(Cc2c[nH]c3ccccc23)C2CCCCC2)cc1C. The number of para-hydroxylation sites is 1. The third-order valence-electron chi connectivity index (χ3n) is 6.05. The monoisotopic (exact) mass is 375 g/mol. The molecule has 28 heavy (non-hydrogen) atoms. The maximum atomic E-state index is 13.3. The number of hydrogen-bond acceptors (Lipinski definition) is 1. The molecule has 1 aromatic heterocycles. The van der Waals surface area contributed by atoms with Gasteiger partial charge in [-0.25, -0.2) is 4.79 Å². The number of aromatic amines is 1. The van der Waals surface area contributed by atoms with E-state index in [2.05, 4.69) is 54.5 Å². The number of carbonyl (C=O) groups is 1. The van der Waals surface area contributed by atoms with Crippen LogP contribution in [0.3, 0.4) is 0 Å². The molecule has 0 atom stereocenters. The van der Waals surface area contributed by atoms with Gasteiger partial charge in [-0.2, -0.15) is 0 Å². The second-order valence-corrected chi connectivity index (χ2v) is 8.01. The number of carbonyl (C=O) groups excluding carboxylic acids is 1. The number of hydrogen-bond donors (Lipinski definition) is 2. The summed E-state index contributed by atoms with van der Waals surface area (Å²) in [5, 5.41) is 4.34. The van der Waals surface area contributed by atoms with Gasteiger partial charge >= 0.3 is 6.03 Å². The lowest BCUT2D eigenvalue weighted by molar-refractivity contribution is 0.163. The Hall–Kier alpha value is -2.75. The highest BCUT2D eigenvalue weighted by molar-refractivity contribution is 5.90. The Kier molecular flexibility index (Phi) is 5.38. The molecule has 0 saturated heterocycles. The molecule has 4 heteroatoms. The van der Waals surface area contributed by atoms with Crippen molar-refractivity contribution in [1.29, 1.82) is 0 Å². The summed E-state index contributed by atoms with van der Waals surface area (Å²) in [5.74, 6) is 0. The van der Waals surface area contributed by atoms with Gasteiger partial charge in [-0.05, 0) is 61.6 Å². The first-order valence-electron chi connectivity index (χ1n) is 10.3. The lowest BCUT2D eigenvalue weighted by atomic mass is 9.94. The predicted octanol–water partition coefficient (Wildman–Crippen LogP) is 6.15. The summed E-state index contributed by atoms with van der Waals surface area (Å²) < 4.78 is 0. The molecule has 4 rings (SSSR count). The van der Waals surface area contributed by atoms with Crippen molar-refractivity contribution in [2.45, 2.75) is 58.5 Å². The smallest absolute Gasteiger partial charge is 0.322 e. The third-order valence-corrected chi connectivity index (χ3v) is 6.05. The normalized spacial score (nSPS) is 14.9. The minimum Gasteiger partial charge on any atom is -0.361 e. The number of rotatable bonds is 4. The van der Waals surface area contributed by atoms with Gasteiger partial charge in [-0.1, -0.05) is 43.5 Å². The lowest BCUT2D eigenvalue weighted by Crippen LogP contribution is -2.43. The Morgan fingerprint density at radius 1 is 1.07 bits per heavy atom. The quantitative estimate of drug-likeness (QED) is 0.564. The first-order valence-corrected chi connectivity index (χ1v) is 10.3. The Balaban J connectivity index is 1.59. The fourth-order valence-electron chi connectivity index (χ4n) is 4.22. The minimum atomic E-state index is 0.000402. The van der Waals surface area contributed by atoms with Gasteiger partial charge in [0.1, 0.15) is 0 Å². The van der Waals surface area contributed by atoms with Crippen LogP contribution in [0.1, 0.15) is 48.8 Å². The molecule has 0 unspecified atom stereocenters. The van der Waals surface area contributed by atoms with Crippen LogP contribution in [0.5, 0.6) is 0 Å². The second kappa shape index (κ2) is 8.09. The maximum absolute atomic E-state index is 13.3. The number of nitrogens with zero attached hydrogens (tertiary/aromatic N) is 1. The van der Waals surface area contributed by atoms with Crippen molar-refractivity contribution < 1.29 is 4.79 Å². The number of nitrogens with one attached hydrogen (secondary N) is 2. The number of fused-ring (bicyclic) bond motifs is 1. The van der Waals surface area contributed by atoms with Crippen LogP contribution < -0.4 is 5.32 Å². The van der Waals surface area contributed by atoms with Gasteiger partial charge in [-0.3, -0.25) is 0 Å². The average molecular weight is 376 g/mol. The van der Waals surface area contributed by atoms with Gasteiger partial charge in [0.15, 0.2) is 0 Å². The van der Waals surface area contributed by atoms with E-state index < -0.39 is 0 Å². The van der Waals surface area contributed by atoms with Crippen LogP contribution in [0.25, 0.3) is 10.9 Å². The Bertz CT molecular complexity index is 969. The van der Waals surface area contributed by atoms with Crippen LogP contribution in [0, 0.1) is 13.8 Å². The number of aryl methyl sites for hydroxylation is 2. The van der Waals surface area contributed by atoms with Gasteiger partial charge in [0.25, 0.3) is 0 Å². The fraction of sp³-hybridized carbons (Fsp3) is 0.375. The number of aromatic nitrogens is 1. The van der Waals surface area contributed by atoms with Crippen LogP contribution in [0.15, 0.2) is 48.7 Å². The third kappa shape index (κ3) is 3.91. The second-order valence-electron chi connectivity index (χ2n) is 8.01. The summed E-state index contributed by atoms with van der Waals surface area (Å²) >= 11 is 0. The highest BCUT2D eigenvalue weighted by atomic mass is 16.2. The molecule has 1 saturated carbocycles. The number of benzene rings is 2. The highest BCUT2D eigenvalue weighted by Gasteiger charge is 2.26. The van der Waals surface area contributed by atoms with E-state index in [1.54, 1.807) is 0 Å². The number of H-pyrrole nitrogens is 1. The van der Waals surface area contributed by atoms with Crippen molar-refractivity contribution in [3.05, 3.63) is 65.4 Å². The Morgan fingerprint density at radius 2 is 1.86 bits per heavy atom. The maximum Gasteiger partial charge on any atom is 0.322 e. The molecular weight excluding hydrogens is 346 g/mol. The first-order chi connectivity index (χ1) is 13.6. The van der Waals surface area contributed by atoms with E-state index in [4.69, 9.17) is 0 Å². The van der Waals surface area contributed by atoms with E-state index in [-0.39, 0.29) is 6.03 Å².